The molecule has 4 rings (SSSR count). The molecule has 3 N–H and O–H groups in total. The van der Waals surface area contributed by atoms with Crippen LogP contribution in [-0.4, -0.2) is 34.3 Å². The Hall–Kier alpha value is -1.10. The van der Waals surface area contributed by atoms with Gasteiger partial charge in [0.05, 0.1) is 0 Å². The molecule has 5 nitrogen and oxygen atoms in total. The zero-order chi connectivity index (χ0) is 14.2. The summed E-state index contributed by atoms with van der Waals surface area (Å²) < 4.78 is 0. The van der Waals surface area contributed by atoms with Gasteiger partial charge in [0.1, 0.15) is 5.82 Å². The molecule has 4 atom stereocenters. The van der Waals surface area contributed by atoms with Crippen LogP contribution in [0.25, 0.3) is 0 Å². The lowest BCUT2D eigenvalue weighted by Crippen LogP contribution is -2.27. The molecule has 116 valence electrons. The molecule has 0 aromatic carbocycles. The van der Waals surface area contributed by atoms with Gasteiger partial charge in [0.15, 0.2) is 0 Å². The van der Waals surface area contributed by atoms with Gasteiger partial charge >= 0.3 is 0 Å². The van der Waals surface area contributed by atoms with Crippen molar-refractivity contribution in [2.75, 3.05) is 18.0 Å². The van der Waals surface area contributed by atoms with Crippen molar-refractivity contribution in [2.45, 2.75) is 63.3 Å². The topological polar surface area (TPSA) is 70.8 Å². The second-order valence-electron chi connectivity index (χ2n) is 7.33. The Balaban J connectivity index is 1.43. The highest BCUT2D eigenvalue weighted by Gasteiger charge is 2.34. The standard InChI is InChI=1S/C16H27N5/c17-14-7-8-21(10-14)16-18-15(19-20-16)13-6-5-11-3-1-2-4-12(11)9-13/h11-14H,1-10,17H2,(H,18,19,20). The average Bonchev–Trinajstić information content (AvgIpc) is 3.15. The molecular weight excluding hydrogens is 262 g/mol. The first-order valence-corrected chi connectivity index (χ1v) is 8.72. The number of nitrogens with two attached hydrogens (primary N) is 1. The summed E-state index contributed by atoms with van der Waals surface area (Å²) in [5.41, 5.74) is 5.98. The van der Waals surface area contributed by atoms with Gasteiger partial charge in [-0.05, 0) is 37.5 Å². The predicted molar refractivity (Wildman–Crippen MR) is 83.2 cm³/mol. The summed E-state index contributed by atoms with van der Waals surface area (Å²) in [6.07, 6.45) is 10.8. The van der Waals surface area contributed by atoms with Crippen LogP contribution in [0.5, 0.6) is 0 Å². The van der Waals surface area contributed by atoms with Gasteiger partial charge in [0, 0.05) is 25.0 Å². The predicted octanol–water partition coefficient (Wildman–Crippen LogP) is 2.42. The van der Waals surface area contributed by atoms with Crippen molar-refractivity contribution in [3.05, 3.63) is 5.82 Å². The summed E-state index contributed by atoms with van der Waals surface area (Å²) in [6, 6.07) is 0.282. The van der Waals surface area contributed by atoms with E-state index in [0.717, 1.165) is 43.1 Å². The molecule has 3 fully saturated rings. The zero-order valence-corrected chi connectivity index (χ0v) is 12.8. The second kappa shape index (κ2) is 5.59. The van der Waals surface area contributed by atoms with Gasteiger partial charge in [-0.25, -0.2) is 0 Å². The fourth-order valence-electron chi connectivity index (χ4n) is 4.68. The summed E-state index contributed by atoms with van der Waals surface area (Å²) >= 11 is 0. The largest absolute Gasteiger partial charge is 0.338 e. The summed E-state index contributed by atoms with van der Waals surface area (Å²) in [4.78, 5) is 7.01. The third-order valence-electron chi connectivity index (χ3n) is 5.92. The first-order chi connectivity index (χ1) is 10.3. The van der Waals surface area contributed by atoms with Gasteiger partial charge in [-0.1, -0.05) is 25.7 Å². The molecule has 21 heavy (non-hydrogen) atoms. The highest BCUT2D eigenvalue weighted by molar-refractivity contribution is 5.31. The van der Waals surface area contributed by atoms with E-state index in [-0.39, 0.29) is 6.04 Å². The molecule has 0 amide bonds. The second-order valence-corrected chi connectivity index (χ2v) is 7.33. The molecule has 1 aromatic heterocycles. The van der Waals surface area contributed by atoms with E-state index in [9.17, 15) is 0 Å². The van der Waals surface area contributed by atoms with E-state index in [4.69, 9.17) is 10.7 Å². The quantitative estimate of drug-likeness (QED) is 0.877. The molecule has 2 aliphatic carbocycles. The van der Waals surface area contributed by atoms with Crippen molar-refractivity contribution in [2.24, 2.45) is 17.6 Å². The van der Waals surface area contributed by atoms with E-state index in [2.05, 4.69) is 15.1 Å². The summed E-state index contributed by atoms with van der Waals surface area (Å²) in [5, 5.41) is 7.67. The molecule has 4 unspecified atom stereocenters. The first-order valence-electron chi connectivity index (χ1n) is 8.72. The number of aromatic nitrogens is 3. The van der Waals surface area contributed by atoms with Crippen LogP contribution in [0, 0.1) is 11.8 Å². The lowest BCUT2D eigenvalue weighted by molar-refractivity contribution is 0.153. The Morgan fingerprint density at radius 1 is 1.05 bits per heavy atom. The lowest BCUT2D eigenvalue weighted by atomic mass is 9.67. The van der Waals surface area contributed by atoms with Crippen LogP contribution in [0.15, 0.2) is 0 Å². The van der Waals surface area contributed by atoms with Crippen LogP contribution in [0.3, 0.4) is 0 Å². The summed E-state index contributed by atoms with van der Waals surface area (Å²) in [6.45, 7) is 1.89. The lowest BCUT2D eigenvalue weighted by Gasteiger charge is -2.38. The smallest absolute Gasteiger partial charge is 0.244 e. The van der Waals surface area contributed by atoms with Crippen molar-refractivity contribution in [3.8, 4) is 0 Å². The van der Waals surface area contributed by atoms with Crippen molar-refractivity contribution in [3.63, 3.8) is 0 Å². The van der Waals surface area contributed by atoms with E-state index in [1.807, 2.05) is 0 Å². The fraction of sp³-hybridized carbons (Fsp3) is 0.875. The number of rotatable bonds is 2. The van der Waals surface area contributed by atoms with E-state index in [1.54, 1.807) is 0 Å². The normalized spacial score (nSPS) is 36.7. The Morgan fingerprint density at radius 2 is 1.90 bits per heavy atom. The molecule has 0 bridgehead atoms. The van der Waals surface area contributed by atoms with Crippen LogP contribution in [0.2, 0.25) is 0 Å². The number of hydrogen-bond acceptors (Lipinski definition) is 4. The number of nitrogens with one attached hydrogen (secondary N) is 1. The number of aromatic amines is 1. The monoisotopic (exact) mass is 289 g/mol. The van der Waals surface area contributed by atoms with E-state index in [1.165, 1.54) is 44.9 Å². The zero-order valence-electron chi connectivity index (χ0n) is 12.8. The molecule has 5 heteroatoms. The minimum absolute atomic E-state index is 0.282. The minimum Gasteiger partial charge on any atom is -0.338 e. The Morgan fingerprint density at radius 3 is 2.71 bits per heavy atom. The van der Waals surface area contributed by atoms with E-state index < -0.39 is 0 Å². The SMILES string of the molecule is NC1CCN(c2n[nH]c(C3CCC4CCCCC4C3)n2)C1. The highest BCUT2D eigenvalue weighted by Crippen LogP contribution is 2.45. The number of fused-ring (bicyclic) bond motifs is 1. The molecule has 1 saturated heterocycles. The maximum absolute atomic E-state index is 5.98. The molecule has 1 aliphatic heterocycles. The van der Waals surface area contributed by atoms with Gasteiger partial charge in [-0.2, -0.15) is 4.98 Å². The van der Waals surface area contributed by atoms with Gasteiger partial charge in [-0.3, -0.25) is 5.10 Å². The van der Waals surface area contributed by atoms with Crippen molar-refractivity contribution in [1.29, 1.82) is 0 Å². The molecule has 0 spiro atoms. The molecule has 2 heterocycles. The maximum Gasteiger partial charge on any atom is 0.244 e. The summed E-state index contributed by atoms with van der Waals surface area (Å²) in [7, 11) is 0. The number of anilines is 1. The summed E-state index contributed by atoms with van der Waals surface area (Å²) in [5.74, 6) is 4.51. The highest BCUT2D eigenvalue weighted by atomic mass is 15.4. The molecule has 0 radical (unpaired) electrons. The number of hydrogen-bond donors (Lipinski definition) is 2. The third-order valence-corrected chi connectivity index (χ3v) is 5.92. The van der Waals surface area contributed by atoms with Crippen LogP contribution < -0.4 is 10.6 Å². The molecule has 1 aromatic rings. The van der Waals surface area contributed by atoms with Gasteiger partial charge < -0.3 is 10.6 Å². The Labute approximate surface area is 126 Å². The van der Waals surface area contributed by atoms with Crippen molar-refractivity contribution in [1.82, 2.24) is 15.2 Å². The third kappa shape index (κ3) is 2.68. The van der Waals surface area contributed by atoms with E-state index >= 15 is 0 Å². The molecular formula is C16H27N5. The number of H-pyrrole nitrogens is 1. The van der Waals surface area contributed by atoms with Crippen LogP contribution in [-0.2, 0) is 0 Å². The van der Waals surface area contributed by atoms with Crippen LogP contribution in [0.4, 0.5) is 5.95 Å². The fourth-order valence-corrected chi connectivity index (χ4v) is 4.68. The first kappa shape index (κ1) is 13.6. The van der Waals surface area contributed by atoms with Crippen molar-refractivity contribution >= 4 is 5.95 Å². The average molecular weight is 289 g/mol. The van der Waals surface area contributed by atoms with Gasteiger partial charge in [-0.15, -0.1) is 5.10 Å². The molecule has 2 saturated carbocycles. The Bertz CT molecular complexity index is 485. The maximum atomic E-state index is 5.98. The molecule has 3 aliphatic rings. The Kier molecular flexibility index (Phi) is 3.61. The van der Waals surface area contributed by atoms with Crippen molar-refractivity contribution < 1.29 is 0 Å². The number of nitrogens with zero attached hydrogens (tertiary/aromatic N) is 3. The van der Waals surface area contributed by atoms with Crippen LogP contribution in [0.1, 0.15) is 63.1 Å². The minimum atomic E-state index is 0.282. The van der Waals surface area contributed by atoms with Gasteiger partial charge in [0.25, 0.3) is 0 Å². The van der Waals surface area contributed by atoms with Gasteiger partial charge in [0.2, 0.25) is 5.95 Å². The van der Waals surface area contributed by atoms with E-state index in [0.29, 0.717) is 5.92 Å². The van der Waals surface area contributed by atoms with Crippen LogP contribution >= 0.6 is 0 Å².